The standard InChI is InChI=1S/C60H67NO13/c1-43(62)61-53-57(71-40-49-32-20-9-21-33-49)55(70-39-48-30-18-8-19-31-48)52(73-58(53)64-2)42-72-60(59(63)65-3)34-50(67-36-45-24-12-5-13-25-45)54(69-38-47-28-16-7-17-29-47)56(74-60)51(68-37-46-26-14-6-15-27-46)41-66-35-44-22-10-4-11-23-44/h4-33,50-58H,34-42H2,1-3H3,(H,61,62)/t50-,51-,52-,53-,54-,55-,56-,57-,58+,60-/m1/s1. The van der Waals surface area contributed by atoms with E-state index in [1.807, 2.05) is 182 Å². The second kappa shape index (κ2) is 28.0. The van der Waals surface area contributed by atoms with Gasteiger partial charge in [0.25, 0.3) is 5.79 Å². The van der Waals surface area contributed by atoms with Crippen molar-refractivity contribution in [3.8, 4) is 0 Å². The van der Waals surface area contributed by atoms with Gasteiger partial charge in [-0.3, -0.25) is 4.79 Å². The van der Waals surface area contributed by atoms with E-state index in [4.69, 9.17) is 52.1 Å². The van der Waals surface area contributed by atoms with Crippen LogP contribution in [0.3, 0.4) is 0 Å². The fourth-order valence-electron chi connectivity index (χ4n) is 9.21. The molecule has 0 aromatic heterocycles. The van der Waals surface area contributed by atoms with Crippen molar-refractivity contribution >= 4 is 11.9 Å². The molecule has 2 aliphatic rings. The molecule has 0 unspecified atom stereocenters. The first kappa shape index (κ1) is 54.1. The van der Waals surface area contributed by atoms with Gasteiger partial charge in [-0.1, -0.05) is 182 Å². The van der Waals surface area contributed by atoms with Crippen LogP contribution >= 0.6 is 0 Å². The highest BCUT2D eigenvalue weighted by Crippen LogP contribution is 2.39. The molecular weight excluding hydrogens is 943 g/mol. The van der Waals surface area contributed by atoms with Gasteiger partial charge in [0.2, 0.25) is 5.91 Å². The molecule has 2 heterocycles. The predicted octanol–water partition coefficient (Wildman–Crippen LogP) is 8.68. The van der Waals surface area contributed by atoms with Gasteiger partial charge in [-0.05, 0) is 33.4 Å². The first-order valence-corrected chi connectivity index (χ1v) is 25.1. The second-order valence-electron chi connectivity index (χ2n) is 18.3. The minimum atomic E-state index is -2.15. The van der Waals surface area contributed by atoms with Crippen LogP contribution in [0.25, 0.3) is 0 Å². The highest BCUT2D eigenvalue weighted by Gasteiger charge is 2.58. The molecule has 74 heavy (non-hydrogen) atoms. The summed E-state index contributed by atoms with van der Waals surface area (Å²) in [5.74, 6) is -3.29. The lowest BCUT2D eigenvalue weighted by Gasteiger charge is -2.49. The van der Waals surface area contributed by atoms with Crippen LogP contribution in [0.5, 0.6) is 0 Å². The molecule has 10 atom stereocenters. The van der Waals surface area contributed by atoms with Gasteiger partial charge in [-0.15, -0.1) is 0 Å². The molecule has 390 valence electrons. The zero-order chi connectivity index (χ0) is 51.4. The van der Waals surface area contributed by atoms with Gasteiger partial charge in [0.05, 0.1) is 66.1 Å². The number of hydrogen-bond acceptors (Lipinski definition) is 13. The monoisotopic (exact) mass is 1010 g/mol. The van der Waals surface area contributed by atoms with Crippen molar-refractivity contribution in [1.82, 2.24) is 5.32 Å². The van der Waals surface area contributed by atoms with Crippen molar-refractivity contribution in [3.63, 3.8) is 0 Å². The molecule has 0 radical (unpaired) electrons. The molecule has 1 amide bonds. The van der Waals surface area contributed by atoms with Crippen LogP contribution in [0.15, 0.2) is 182 Å². The molecule has 6 aromatic rings. The molecule has 0 spiro atoms. The van der Waals surface area contributed by atoms with E-state index in [9.17, 15) is 9.59 Å². The maximum atomic E-state index is 14.8. The Bertz CT molecular complexity index is 2550. The first-order valence-electron chi connectivity index (χ1n) is 25.1. The lowest BCUT2D eigenvalue weighted by molar-refractivity contribution is -0.351. The number of amides is 1. The third-order valence-electron chi connectivity index (χ3n) is 12.9. The van der Waals surface area contributed by atoms with Crippen LogP contribution in [0.2, 0.25) is 0 Å². The average molecular weight is 1010 g/mol. The smallest absolute Gasteiger partial charge is 0.366 e. The largest absolute Gasteiger partial charge is 0.465 e. The Kier molecular flexibility index (Phi) is 20.4. The summed E-state index contributed by atoms with van der Waals surface area (Å²) in [4.78, 5) is 27.7. The van der Waals surface area contributed by atoms with Gasteiger partial charge in [-0.25, -0.2) is 4.79 Å². The molecule has 8 rings (SSSR count). The maximum Gasteiger partial charge on any atom is 0.366 e. The number of carbonyl (C=O) groups is 2. The Morgan fingerprint density at radius 1 is 0.568 bits per heavy atom. The number of carbonyl (C=O) groups excluding carboxylic acids is 2. The number of methoxy groups -OCH3 is 2. The Hall–Kier alpha value is -6.14. The highest BCUT2D eigenvalue weighted by molar-refractivity contribution is 5.78. The van der Waals surface area contributed by atoms with Crippen LogP contribution in [-0.4, -0.2) is 100 Å². The van der Waals surface area contributed by atoms with Crippen LogP contribution in [0.4, 0.5) is 0 Å². The lowest BCUT2D eigenvalue weighted by atomic mass is 9.91. The van der Waals surface area contributed by atoms with E-state index < -0.39 is 66.8 Å². The molecule has 14 heteroatoms. The fourth-order valence-corrected chi connectivity index (χ4v) is 9.21. The quantitative estimate of drug-likeness (QED) is 0.0518. The Balaban J connectivity index is 1.17. The van der Waals surface area contributed by atoms with E-state index in [-0.39, 0.29) is 65.2 Å². The summed E-state index contributed by atoms with van der Waals surface area (Å²) in [6, 6.07) is 57.7. The van der Waals surface area contributed by atoms with Crippen molar-refractivity contribution < 1.29 is 61.7 Å². The number of ether oxygens (including phenoxy) is 11. The summed E-state index contributed by atoms with van der Waals surface area (Å²) in [5.41, 5.74) is 5.49. The van der Waals surface area contributed by atoms with E-state index in [1.165, 1.54) is 21.1 Å². The van der Waals surface area contributed by atoms with Crippen LogP contribution in [0.1, 0.15) is 46.7 Å². The SMILES string of the molecule is COC(=O)[C@@]1(OC[C@H]2O[C@H](OC)[C@H](NC(C)=O)[C@@H](OCc3ccccc3)[C@@H]2OCc2ccccc2)C[C@@H](OCc2ccccc2)[C@@H](OCc2ccccc2)[C@@H]([C@@H](COCc2ccccc2)OCc2ccccc2)O1. The van der Waals surface area contributed by atoms with Gasteiger partial charge in [0.1, 0.15) is 42.7 Å². The van der Waals surface area contributed by atoms with E-state index in [0.29, 0.717) is 0 Å². The molecule has 6 aromatic carbocycles. The van der Waals surface area contributed by atoms with Gasteiger partial charge in [0.15, 0.2) is 6.29 Å². The topological polar surface area (TPSA) is 148 Å². The molecule has 0 aliphatic carbocycles. The summed E-state index contributed by atoms with van der Waals surface area (Å²) in [7, 11) is 2.77. The Morgan fingerprint density at radius 3 is 1.46 bits per heavy atom. The van der Waals surface area contributed by atoms with Crippen molar-refractivity contribution in [1.29, 1.82) is 0 Å². The molecule has 1 N–H and O–H groups in total. The lowest BCUT2D eigenvalue weighted by Crippen LogP contribution is -2.67. The van der Waals surface area contributed by atoms with Gasteiger partial charge >= 0.3 is 5.97 Å². The number of benzene rings is 6. The summed E-state index contributed by atoms with van der Waals surface area (Å²) < 4.78 is 73.0. The number of hydrogen-bond donors (Lipinski definition) is 1. The van der Waals surface area contributed by atoms with E-state index in [0.717, 1.165) is 33.4 Å². The normalized spacial score (nSPS) is 24.1. The molecule has 2 saturated heterocycles. The third kappa shape index (κ3) is 15.2. The van der Waals surface area contributed by atoms with Crippen LogP contribution < -0.4 is 5.32 Å². The zero-order valence-corrected chi connectivity index (χ0v) is 42.2. The van der Waals surface area contributed by atoms with Crippen molar-refractivity contribution in [2.75, 3.05) is 27.4 Å². The van der Waals surface area contributed by atoms with Gasteiger partial charge in [-0.2, -0.15) is 0 Å². The first-order chi connectivity index (χ1) is 36.3. The Morgan fingerprint density at radius 2 is 1.00 bits per heavy atom. The average Bonchev–Trinajstić information content (AvgIpc) is 3.45. The highest BCUT2D eigenvalue weighted by atomic mass is 16.8. The summed E-state index contributed by atoms with van der Waals surface area (Å²) in [5, 5.41) is 3.00. The van der Waals surface area contributed by atoms with Gasteiger partial charge < -0.3 is 57.4 Å². The molecule has 2 aliphatic heterocycles. The second-order valence-corrected chi connectivity index (χ2v) is 18.3. The van der Waals surface area contributed by atoms with Crippen molar-refractivity contribution in [2.24, 2.45) is 0 Å². The number of rotatable bonds is 26. The minimum Gasteiger partial charge on any atom is -0.465 e. The number of esters is 1. The van der Waals surface area contributed by atoms with Crippen LogP contribution in [-0.2, 0) is 101 Å². The van der Waals surface area contributed by atoms with E-state index in [1.54, 1.807) is 0 Å². The molecule has 14 nitrogen and oxygen atoms in total. The van der Waals surface area contributed by atoms with E-state index >= 15 is 0 Å². The van der Waals surface area contributed by atoms with Crippen molar-refractivity contribution in [3.05, 3.63) is 215 Å². The summed E-state index contributed by atoms with van der Waals surface area (Å²) >= 11 is 0. The number of nitrogens with one attached hydrogen (secondary N) is 1. The summed E-state index contributed by atoms with van der Waals surface area (Å²) in [6.07, 6.45) is -7.57. The molecular formula is C60H67NO13. The van der Waals surface area contributed by atoms with Gasteiger partial charge in [0, 0.05) is 20.5 Å². The maximum absolute atomic E-state index is 14.8. The molecule has 2 fully saturated rings. The minimum absolute atomic E-state index is 0.0296. The zero-order valence-electron chi connectivity index (χ0n) is 42.2. The van der Waals surface area contributed by atoms with Crippen molar-refractivity contribution in [2.45, 2.75) is 114 Å². The van der Waals surface area contributed by atoms with E-state index in [2.05, 4.69) is 5.32 Å². The summed E-state index contributed by atoms with van der Waals surface area (Å²) in [6.45, 7) is 2.29. The third-order valence-corrected chi connectivity index (χ3v) is 12.9. The Labute approximate surface area is 434 Å². The fraction of sp³-hybridized carbons (Fsp3) is 0.367. The molecule has 0 bridgehead atoms. The molecule has 0 saturated carbocycles. The van der Waals surface area contributed by atoms with Crippen LogP contribution in [0, 0.1) is 0 Å². The predicted molar refractivity (Wildman–Crippen MR) is 275 cm³/mol.